The van der Waals surface area contributed by atoms with Crippen LogP contribution in [0, 0.1) is 0 Å². The molecule has 0 amide bonds. The van der Waals surface area contributed by atoms with Crippen molar-refractivity contribution in [3.8, 4) is 0 Å². The molecule has 1 aromatic rings. The summed E-state index contributed by atoms with van der Waals surface area (Å²) < 4.78 is 5.05. The molecule has 0 aliphatic carbocycles. The van der Waals surface area contributed by atoms with E-state index >= 15 is 0 Å². The van der Waals surface area contributed by atoms with E-state index in [1.54, 1.807) is 12.3 Å². The summed E-state index contributed by atoms with van der Waals surface area (Å²) in [4.78, 5) is 3.93. The molecule has 1 atom stereocenters. The van der Waals surface area contributed by atoms with E-state index in [1.165, 1.54) is 0 Å². The lowest BCUT2D eigenvalue weighted by atomic mass is 10.2. The van der Waals surface area contributed by atoms with Crippen LogP contribution >= 0.6 is 11.6 Å². The number of halogens is 1. The van der Waals surface area contributed by atoms with Crippen molar-refractivity contribution >= 4 is 11.6 Å². The van der Waals surface area contributed by atoms with Crippen LogP contribution in [0.5, 0.6) is 0 Å². The van der Waals surface area contributed by atoms with Crippen LogP contribution < -0.4 is 0 Å². The summed E-state index contributed by atoms with van der Waals surface area (Å²) >= 11 is 5.58. The average Bonchev–Trinajstić information content (AvgIpc) is 2.71. The minimum atomic E-state index is 0.282. The molecule has 1 aromatic heterocycles. The summed E-state index contributed by atoms with van der Waals surface area (Å²) in [6.07, 6.45) is 2.03. The third-order valence-electron chi connectivity index (χ3n) is 1.46. The van der Waals surface area contributed by atoms with Crippen molar-refractivity contribution in [2.75, 3.05) is 6.61 Å². The van der Waals surface area contributed by atoms with Gasteiger partial charge in [-0.1, -0.05) is 17.7 Å². The molecule has 0 saturated carbocycles. The van der Waals surface area contributed by atoms with Crippen LogP contribution in [0.1, 0.15) is 11.7 Å². The van der Waals surface area contributed by atoms with Gasteiger partial charge in [-0.2, -0.15) is 0 Å². The molecule has 2 rings (SSSR count). The Morgan fingerprint density at radius 2 is 2.40 bits per heavy atom. The van der Waals surface area contributed by atoms with Gasteiger partial charge >= 0.3 is 0 Å². The van der Waals surface area contributed by atoms with E-state index in [0.29, 0.717) is 5.15 Å². The maximum absolute atomic E-state index is 5.58. The zero-order chi connectivity index (χ0) is 6.97. The van der Waals surface area contributed by atoms with Gasteiger partial charge in [0.15, 0.2) is 0 Å². The summed E-state index contributed by atoms with van der Waals surface area (Å²) in [7, 11) is 0. The molecule has 0 N–H and O–H groups in total. The van der Waals surface area contributed by atoms with Crippen molar-refractivity contribution < 1.29 is 4.74 Å². The van der Waals surface area contributed by atoms with Crippen LogP contribution in [0.25, 0.3) is 0 Å². The van der Waals surface area contributed by atoms with Crippen LogP contribution in [-0.2, 0) is 4.74 Å². The van der Waals surface area contributed by atoms with Crippen molar-refractivity contribution in [1.82, 2.24) is 4.98 Å². The highest BCUT2D eigenvalue weighted by molar-refractivity contribution is 6.29. The van der Waals surface area contributed by atoms with Crippen molar-refractivity contribution in [1.29, 1.82) is 0 Å². The fourth-order valence-corrected chi connectivity index (χ4v) is 0.930. The first-order valence-corrected chi connectivity index (χ1v) is 3.47. The average molecular weight is 156 g/mol. The number of epoxide rings is 1. The number of pyridine rings is 1. The third-order valence-corrected chi connectivity index (χ3v) is 1.68. The standard InChI is InChI=1S/C7H6ClNO/c8-7-2-1-5(3-9-7)6-4-10-6/h1-3,6H,4H2/t6-/m1/s1. The highest BCUT2D eigenvalue weighted by Gasteiger charge is 2.24. The molecule has 0 radical (unpaired) electrons. The molecule has 10 heavy (non-hydrogen) atoms. The number of ether oxygens (including phenoxy) is 1. The summed E-state index contributed by atoms with van der Waals surface area (Å²) in [5.74, 6) is 0. The van der Waals surface area contributed by atoms with Gasteiger partial charge in [0.05, 0.1) is 6.61 Å². The molecule has 2 nitrogen and oxygen atoms in total. The first kappa shape index (κ1) is 6.13. The molecule has 3 heteroatoms. The minimum absolute atomic E-state index is 0.282. The quantitative estimate of drug-likeness (QED) is 0.457. The number of aromatic nitrogens is 1. The van der Waals surface area contributed by atoms with Crippen LogP contribution in [0.2, 0.25) is 5.15 Å². The zero-order valence-corrected chi connectivity index (χ0v) is 6.01. The van der Waals surface area contributed by atoms with Gasteiger partial charge in [0, 0.05) is 11.8 Å². The summed E-state index contributed by atoms with van der Waals surface area (Å²) in [6.45, 7) is 0.823. The lowest BCUT2D eigenvalue weighted by Crippen LogP contribution is -1.81. The Hall–Kier alpha value is -0.600. The number of hydrogen-bond acceptors (Lipinski definition) is 2. The van der Waals surface area contributed by atoms with Crippen LogP contribution in [0.4, 0.5) is 0 Å². The van der Waals surface area contributed by atoms with Gasteiger partial charge in [-0.15, -0.1) is 0 Å². The topological polar surface area (TPSA) is 25.4 Å². The Morgan fingerprint density at radius 3 is 2.90 bits per heavy atom. The highest BCUT2D eigenvalue weighted by atomic mass is 35.5. The van der Waals surface area contributed by atoms with E-state index in [-0.39, 0.29) is 6.10 Å². The van der Waals surface area contributed by atoms with E-state index < -0.39 is 0 Å². The van der Waals surface area contributed by atoms with E-state index in [0.717, 1.165) is 12.2 Å². The predicted molar refractivity (Wildman–Crippen MR) is 37.9 cm³/mol. The lowest BCUT2D eigenvalue weighted by Gasteiger charge is -1.92. The molecule has 2 heterocycles. The van der Waals surface area contributed by atoms with E-state index in [2.05, 4.69) is 4.98 Å². The fraction of sp³-hybridized carbons (Fsp3) is 0.286. The molecule has 0 bridgehead atoms. The van der Waals surface area contributed by atoms with Gasteiger partial charge in [-0.25, -0.2) is 4.98 Å². The number of nitrogens with zero attached hydrogens (tertiary/aromatic N) is 1. The van der Waals surface area contributed by atoms with Crippen LogP contribution in [0.3, 0.4) is 0 Å². The number of rotatable bonds is 1. The molecular formula is C7H6ClNO. The molecule has 1 aliphatic rings. The summed E-state index contributed by atoms with van der Waals surface area (Å²) in [6, 6.07) is 3.71. The van der Waals surface area contributed by atoms with Gasteiger partial charge in [0.2, 0.25) is 0 Å². The SMILES string of the molecule is Clc1ccc([C@H]2CO2)cn1. The van der Waals surface area contributed by atoms with Crippen molar-refractivity contribution in [2.24, 2.45) is 0 Å². The lowest BCUT2D eigenvalue weighted by molar-refractivity contribution is 0.415. The molecular weight excluding hydrogens is 150 g/mol. The Bertz CT molecular complexity index is 230. The zero-order valence-electron chi connectivity index (χ0n) is 5.25. The van der Waals surface area contributed by atoms with Gasteiger partial charge in [-0.3, -0.25) is 0 Å². The predicted octanol–water partition coefficient (Wildman–Crippen LogP) is 1.81. The van der Waals surface area contributed by atoms with Gasteiger partial charge in [0.1, 0.15) is 11.3 Å². The molecule has 1 fully saturated rings. The second kappa shape index (κ2) is 2.22. The van der Waals surface area contributed by atoms with Crippen LogP contribution in [0.15, 0.2) is 18.3 Å². The first-order valence-electron chi connectivity index (χ1n) is 3.09. The Morgan fingerprint density at radius 1 is 1.60 bits per heavy atom. The third kappa shape index (κ3) is 1.13. The van der Waals surface area contributed by atoms with Crippen molar-refractivity contribution in [2.45, 2.75) is 6.10 Å². The van der Waals surface area contributed by atoms with Crippen molar-refractivity contribution in [3.05, 3.63) is 29.0 Å². The minimum Gasteiger partial charge on any atom is -0.368 e. The molecule has 1 saturated heterocycles. The number of hydrogen-bond donors (Lipinski definition) is 0. The van der Waals surface area contributed by atoms with Gasteiger partial charge < -0.3 is 4.74 Å². The molecule has 0 aromatic carbocycles. The Balaban J connectivity index is 2.28. The summed E-state index contributed by atoms with van der Waals surface area (Å²) in [5, 5.41) is 0.532. The second-order valence-electron chi connectivity index (χ2n) is 2.24. The van der Waals surface area contributed by atoms with E-state index in [1.807, 2.05) is 6.07 Å². The molecule has 52 valence electrons. The van der Waals surface area contributed by atoms with E-state index in [9.17, 15) is 0 Å². The summed E-state index contributed by atoms with van der Waals surface area (Å²) in [5.41, 5.74) is 1.12. The van der Waals surface area contributed by atoms with Crippen LogP contribution in [-0.4, -0.2) is 11.6 Å². The normalized spacial score (nSPS) is 22.7. The van der Waals surface area contributed by atoms with E-state index in [4.69, 9.17) is 16.3 Å². The highest BCUT2D eigenvalue weighted by Crippen LogP contribution is 2.29. The first-order chi connectivity index (χ1) is 4.86. The van der Waals surface area contributed by atoms with Crippen molar-refractivity contribution in [3.63, 3.8) is 0 Å². The maximum Gasteiger partial charge on any atom is 0.129 e. The Labute approximate surface area is 63.8 Å². The monoisotopic (exact) mass is 155 g/mol. The fourth-order valence-electron chi connectivity index (χ4n) is 0.818. The van der Waals surface area contributed by atoms with Gasteiger partial charge in [-0.05, 0) is 6.07 Å². The smallest absolute Gasteiger partial charge is 0.129 e. The molecule has 0 spiro atoms. The largest absolute Gasteiger partial charge is 0.368 e. The van der Waals surface area contributed by atoms with Gasteiger partial charge in [0.25, 0.3) is 0 Å². The molecule has 1 aliphatic heterocycles. The second-order valence-corrected chi connectivity index (χ2v) is 2.62. The molecule has 0 unspecified atom stereocenters. The maximum atomic E-state index is 5.58. The Kier molecular flexibility index (Phi) is 1.36.